The maximum atomic E-state index is 12.6. The smallest absolute Gasteiger partial charge is 0.266 e. The van der Waals surface area contributed by atoms with Crippen molar-refractivity contribution in [2.75, 3.05) is 0 Å². The van der Waals surface area contributed by atoms with E-state index in [0.29, 0.717) is 10.7 Å². The van der Waals surface area contributed by atoms with Crippen molar-refractivity contribution in [1.82, 2.24) is 9.78 Å². The van der Waals surface area contributed by atoms with Gasteiger partial charge in [-0.1, -0.05) is 0 Å². The van der Waals surface area contributed by atoms with E-state index in [1.54, 1.807) is 0 Å². The van der Waals surface area contributed by atoms with Crippen molar-refractivity contribution in [1.29, 1.82) is 0 Å². The van der Waals surface area contributed by atoms with Gasteiger partial charge >= 0.3 is 12.1 Å². The van der Waals surface area contributed by atoms with E-state index in [0.717, 1.165) is 13.2 Å². The highest BCUT2D eigenvalue weighted by atomic mass is 19.4. The first-order valence-corrected chi connectivity index (χ1v) is 3.20. The zero-order valence-corrected chi connectivity index (χ0v) is 6.44. The quantitative estimate of drug-likeness (QED) is 0.634. The third-order valence-electron chi connectivity index (χ3n) is 1.50. The Morgan fingerprint density at radius 1 is 1.23 bits per heavy atom. The van der Waals surface area contributed by atoms with Crippen LogP contribution in [0.5, 0.6) is 0 Å². The van der Waals surface area contributed by atoms with Gasteiger partial charge in [-0.05, 0) is 6.07 Å². The first-order chi connectivity index (χ1) is 5.77. The molecule has 0 spiro atoms. The van der Waals surface area contributed by atoms with Crippen molar-refractivity contribution in [3.63, 3.8) is 0 Å². The number of hydrogen-bond donors (Lipinski definition) is 0. The summed E-state index contributed by atoms with van der Waals surface area (Å²) in [6.07, 6.45) is -4.70. The molecule has 74 valence electrons. The van der Waals surface area contributed by atoms with Gasteiger partial charge < -0.3 is 0 Å². The van der Waals surface area contributed by atoms with Gasteiger partial charge in [-0.3, -0.25) is 4.68 Å². The summed E-state index contributed by atoms with van der Waals surface area (Å²) >= 11 is 0. The molecule has 0 fully saturated rings. The molecule has 7 heteroatoms. The SMILES string of the molecule is Cn1nccc1C(F)(F)C(F)(F)F. The highest BCUT2D eigenvalue weighted by Gasteiger charge is 2.60. The molecule has 0 saturated heterocycles. The molecule has 0 aliphatic carbocycles. The van der Waals surface area contributed by atoms with Gasteiger partial charge in [0.05, 0.1) is 0 Å². The zero-order valence-electron chi connectivity index (χ0n) is 6.44. The fraction of sp³-hybridized carbons (Fsp3) is 0.500. The van der Waals surface area contributed by atoms with Gasteiger partial charge in [0.25, 0.3) is 0 Å². The molecule has 1 aromatic heterocycles. The van der Waals surface area contributed by atoms with Crippen LogP contribution in [-0.2, 0) is 13.0 Å². The van der Waals surface area contributed by atoms with Crippen LogP contribution < -0.4 is 0 Å². The van der Waals surface area contributed by atoms with Crippen molar-refractivity contribution in [2.45, 2.75) is 12.1 Å². The molecule has 2 nitrogen and oxygen atoms in total. The minimum atomic E-state index is -5.58. The second-order valence-corrected chi connectivity index (χ2v) is 2.41. The average molecular weight is 200 g/mol. The Hall–Kier alpha value is -1.14. The number of rotatable bonds is 1. The van der Waals surface area contributed by atoms with Crippen LogP contribution in [0.25, 0.3) is 0 Å². The molecular formula is C6H5F5N2. The van der Waals surface area contributed by atoms with Gasteiger partial charge in [0, 0.05) is 13.2 Å². The molecule has 0 amide bonds. The van der Waals surface area contributed by atoms with E-state index in [2.05, 4.69) is 5.10 Å². The number of hydrogen-bond acceptors (Lipinski definition) is 1. The van der Waals surface area contributed by atoms with E-state index < -0.39 is 17.8 Å². The van der Waals surface area contributed by atoms with E-state index in [4.69, 9.17) is 0 Å². The Morgan fingerprint density at radius 2 is 1.77 bits per heavy atom. The van der Waals surface area contributed by atoms with Crippen molar-refractivity contribution in [2.24, 2.45) is 7.05 Å². The molecule has 0 radical (unpaired) electrons. The van der Waals surface area contributed by atoms with E-state index in [1.165, 1.54) is 0 Å². The van der Waals surface area contributed by atoms with Gasteiger partial charge in [0.15, 0.2) is 0 Å². The molecule has 0 N–H and O–H groups in total. The summed E-state index contributed by atoms with van der Waals surface area (Å²) in [6, 6.07) is 0.632. The monoisotopic (exact) mass is 200 g/mol. The van der Waals surface area contributed by atoms with Gasteiger partial charge in [-0.15, -0.1) is 0 Å². The van der Waals surface area contributed by atoms with E-state index >= 15 is 0 Å². The molecule has 0 aromatic carbocycles. The molecule has 13 heavy (non-hydrogen) atoms. The first-order valence-electron chi connectivity index (χ1n) is 3.20. The lowest BCUT2D eigenvalue weighted by atomic mass is 10.2. The number of halogens is 5. The summed E-state index contributed by atoms with van der Waals surface area (Å²) in [5.74, 6) is -4.85. The predicted molar refractivity (Wildman–Crippen MR) is 33.2 cm³/mol. The van der Waals surface area contributed by atoms with Crippen LogP contribution >= 0.6 is 0 Å². The fourth-order valence-electron chi connectivity index (χ4n) is 0.827. The number of aryl methyl sites for hydroxylation is 1. The molecular weight excluding hydrogens is 195 g/mol. The highest BCUT2D eigenvalue weighted by molar-refractivity contribution is 5.10. The van der Waals surface area contributed by atoms with Crippen LogP contribution in [0.1, 0.15) is 5.69 Å². The third-order valence-corrected chi connectivity index (χ3v) is 1.50. The fourth-order valence-corrected chi connectivity index (χ4v) is 0.827. The van der Waals surface area contributed by atoms with E-state index in [9.17, 15) is 22.0 Å². The standard InChI is InChI=1S/C6H5F5N2/c1-13-4(2-3-12-13)5(7,8)6(9,10)11/h2-3H,1H3. The molecule has 1 rings (SSSR count). The van der Waals surface area contributed by atoms with Crippen molar-refractivity contribution < 1.29 is 22.0 Å². The zero-order chi connectivity index (χ0) is 10.3. The summed E-state index contributed by atoms with van der Waals surface area (Å²) in [7, 11) is 1.02. The molecule has 0 aliphatic heterocycles. The topological polar surface area (TPSA) is 17.8 Å². The van der Waals surface area contributed by atoms with Gasteiger partial charge in [0.1, 0.15) is 5.69 Å². The summed E-state index contributed by atoms with van der Waals surface area (Å²) in [5, 5.41) is 3.23. The molecule has 1 aromatic rings. The Bertz CT molecular complexity index is 300. The maximum Gasteiger partial charge on any atom is 0.459 e. The largest absolute Gasteiger partial charge is 0.459 e. The van der Waals surface area contributed by atoms with Crippen molar-refractivity contribution >= 4 is 0 Å². The minimum Gasteiger partial charge on any atom is -0.266 e. The average Bonchev–Trinajstić information content (AvgIpc) is 2.32. The Morgan fingerprint density at radius 3 is 2.08 bits per heavy atom. The highest BCUT2D eigenvalue weighted by Crippen LogP contribution is 2.43. The van der Waals surface area contributed by atoms with Gasteiger partial charge in [0.2, 0.25) is 0 Å². The molecule has 0 atom stereocenters. The molecule has 0 saturated carbocycles. The van der Waals surface area contributed by atoms with Crippen LogP contribution in [0.4, 0.5) is 22.0 Å². The molecule has 0 aliphatic rings. The van der Waals surface area contributed by atoms with Crippen molar-refractivity contribution in [3.8, 4) is 0 Å². The molecule has 0 bridgehead atoms. The lowest BCUT2D eigenvalue weighted by Gasteiger charge is -2.19. The summed E-state index contributed by atoms with van der Waals surface area (Å²) in [6.45, 7) is 0. The van der Waals surface area contributed by atoms with Crippen LogP contribution in [0, 0.1) is 0 Å². The van der Waals surface area contributed by atoms with E-state index in [-0.39, 0.29) is 0 Å². The number of aromatic nitrogens is 2. The Balaban J connectivity index is 3.15. The van der Waals surface area contributed by atoms with Crippen molar-refractivity contribution in [3.05, 3.63) is 18.0 Å². The van der Waals surface area contributed by atoms with Gasteiger partial charge in [-0.2, -0.15) is 27.1 Å². The summed E-state index contributed by atoms with van der Waals surface area (Å²) in [4.78, 5) is 0. The molecule has 0 unspecified atom stereocenters. The maximum absolute atomic E-state index is 12.6. The molecule has 1 heterocycles. The Labute approximate surface area is 70.0 Å². The normalized spacial score (nSPS) is 13.4. The second-order valence-electron chi connectivity index (χ2n) is 2.41. The number of alkyl halides is 5. The predicted octanol–water partition coefficient (Wildman–Crippen LogP) is 2.07. The summed E-state index contributed by atoms with van der Waals surface area (Å²) in [5.41, 5.74) is -1.17. The van der Waals surface area contributed by atoms with Crippen LogP contribution in [0.15, 0.2) is 12.3 Å². The second kappa shape index (κ2) is 2.68. The van der Waals surface area contributed by atoms with E-state index in [1.807, 2.05) is 0 Å². The summed E-state index contributed by atoms with van der Waals surface area (Å²) < 4.78 is 61.0. The third kappa shape index (κ3) is 1.50. The van der Waals surface area contributed by atoms with Crippen LogP contribution in [0.3, 0.4) is 0 Å². The number of nitrogens with zero attached hydrogens (tertiary/aromatic N) is 2. The lowest BCUT2D eigenvalue weighted by molar-refractivity contribution is -0.291. The first kappa shape index (κ1) is 9.94. The van der Waals surface area contributed by atoms with Gasteiger partial charge in [-0.25, -0.2) is 0 Å². The van der Waals surface area contributed by atoms with Crippen LogP contribution in [-0.4, -0.2) is 16.0 Å². The Kier molecular flexibility index (Phi) is 2.05. The van der Waals surface area contributed by atoms with Crippen LogP contribution in [0.2, 0.25) is 0 Å². The lowest BCUT2D eigenvalue weighted by Crippen LogP contribution is -2.35. The minimum absolute atomic E-state index is 0.494.